The molecule has 0 fully saturated rings. The number of hydrogen-bond acceptors (Lipinski definition) is 6. The van der Waals surface area contributed by atoms with Crippen molar-refractivity contribution in [2.45, 2.75) is 44.7 Å². The minimum atomic E-state index is -0.0594. The van der Waals surface area contributed by atoms with Crippen LogP contribution >= 0.6 is 23.1 Å². The van der Waals surface area contributed by atoms with E-state index >= 15 is 0 Å². The fourth-order valence-corrected chi connectivity index (χ4v) is 6.56. The number of rotatable bonds is 8. The topological polar surface area (TPSA) is 61.2 Å². The molecule has 0 unspecified atom stereocenters. The Morgan fingerprint density at radius 2 is 1.85 bits per heavy atom. The Balaban J connectivity index is 1.53. The number of hydrogen-bond donors (Lipinski definition) is 0. The largest absolute Gasteiger partial charge is 0.494 e. The van der Waals surface area contributed by atoms with Crippen molar-refractivity contribution in [3.8, 4) is 11.4 Å². The summed E-state index contributed by atoms with van der Waals surface area (Å²) in [4.78, 5) is 33.6. The second-order valence-corrected chi connectivity index (χ2v) is 10.3. The molecule has 0 saturated heterocycles. The van der Waals surface area contributed by atoms with Gasteiger partial charge < -0.3 is 4.74 Å². The molecule has 0 aliphatic heterocycles. The zero-order valence-corrected chi connectivity index (χ0v) is 20.9. The first-order chi connectivity index (χ1) is 16.6. The number of thiophene rings is 1. The summed E-state index contributed by atoms with van der Waals surface area (Å²) in [6, 6.07) is 15.2. The van der Waals surface area contributed by atoms with Gasteiger partial charge >= 0.3 is 0 Å². The average Bonchev–Trinajstić information content (AvgIpc) is 3.45. The van der Waals surface area contributed by atoms with Gasteiger partial charge in [0, 0.05) is 10.4 Å². The zero-order chi connectivity index (χ0) is 23.7. The van der Waals surface area contributed by atoms with Gasteiger partial charge in [0.05, 0.1) is 23.4 Å². The molecule has 0 atom stereocenters. The highest BCUT2D eigenvalue weighted by atomic mass is 32.2. The summed E-state index contributed by atoms with van der Waals surface area (Å²) < 4.78 is 7.22. The predicted molar refractivity (Wildman–Crippen MR) is 139 cm³/mol. The highest BCUT2D eigenvalue weighted by molar-refractivity contribution is 7.99. The molecule has 2 heterocycles. The summed E-state index contributed by atoms with van der Waals surface area (Å²) >= 11 is 2.94. The van der Waals surface area contributed by atoms with E-state index in [4.69, 9.17) is 9.72 Å². The summed E-state index contributed by atoms with van der Waals surface area (Å²) in [5.41, 5.74) is 3.70. The van der Waals surface area contributed by atoms with Crippen LogP contribution < -0.4 is 10.3 Å². The summed E-state index contributed by atoms with van der Waals surface area (Å²) in [5.74, 6) is 0.990. The molecule has 5 rings (SSSR count). The third-order valence-electron chi connectivity index (χ3n) is 6.13. The Morgan fingerprint density at radius 3 is 2.56 bits per heavy atom. The van der Waals surface area contributed by atoms with E-state index in [9.17, 15) is 9.59 Å². The van der Waals surface area contributed by atoms with Crippen molar-refractivity contribution >= 4 is 39.1 Å². The van der Waals surface area contributed by atoms with E-state index in [1.165, 1.54) is 22.2 Å². The lowest BCUT2D eigenvalue weighted by atomic mass is 10.1. The Labute approximate surface area is 206 Å². The van der Waals surface area contributed by atoms with Crippen LogP contribution in [0.25, 0.3) is 15.9 Å². The monoisotopic (exact) mass is 490 g/mol. The van der Waals surface area contributed by atoms with Crippen LogP contribution in [0.4, 0.5) is 0 Å². The molecule has 0 bridgehead atoms. The van der Waals surface area contributed by atoms with Crippen molar-refractivity contribution in [1.82, 2.24) is 9.55 Å². The van der Waals surface area contributed by atoms with Crippen LogP contribution in [0, 0.1) is 0 Å². The maximum absolute atomic E-state index is 13.8. The van der Waals surface area contributed by atoms with Crippen molar-refractivity contribution in [3.63, 3.8) is 0 Å². The zero-order valence-electron chi connectivity index (χ0n) is 19.3. The molecule has 2 aromatic heterocycles. The highest BCUT2D eigenvalue weighted by Gasteiger charge is 2.24. The van der Waals surface area contributed by atoms with Crippen molar-refractivity contribution in [2.24, 2.45) is 0 Å². The predicted octanol–water partition coefficient (Wildman–Crippen LogP) is 5.87. The lowest BCUT2D eigenvalue weighted by Gasteiger charge is -2.13. The van der Waals surface area contributed by atoms with Crippen molar-refractivity contribution in [3.05, 3.63) is 80.5 Å². The molecule has 7 heteroatoms. The minimum Gasteiger partial charge on any atom is -0.494 e. The molecular weight excluding hydrogens is 464 g/mol. The number of Topliss-reactive ketones (excluding diaryl/α,β-unsaturated/α-hetero) is 1. The first-order valence-corrected chi connectivity index (χ1v) is 13.4. The first-order valence-electron chi connectivity index (χ1n) is 11.6. The normalized spacial score (nSPS) is 12.8. The van der Waals surface area contributed by atoms with Crippen LogP contribution in [0.2, 0.25) is 0 Å². The van der Waals surface area contributed by atoms with Crippen LogP contribution in [0.15, 0.2) is 58.5 Å². The van der Waals surface area contributed by atoms with Gasteiger partial charge in [0.1, 0.15) is 10.6 Å². The number of fused-ring (bicyclic) bond motifs is 3. The van der Waals surface area contributed by atoms with E-state index in [0.717, 1.165) is 52.9 Å². The molecule has 174 valence electrons. The fraction of sp³-hybridized carbons (Fsp3) is 0.296. The molecule has 1 aliphatic rings. The third kappa shape index (κ3) is 4.30. The van der Waals surface area contributed by atoms with Crippen molar-refractivity contribution in [2.75, 3.05) is 12.4 Å². The van der Waals surface area contributed by atoms with Gasteiger partial charge in [-0.15, -0.1) is 11.3 Å². The molecule has 0 saturated carbocycles. The van der Waals surface area contributed by atoms with Crippen LogP contribution in [0.5, 0.6) is 5.75 Å². The number of aryl methyl sites for hydroxylation is 3. The van der Waals surface area contributed by atoms with Gasteiger partial charge in [-0.2, -0.15) is 0 Å². The fourth-order valence-electron chi connectivity index (χ4n) is 4.35. The number of ketones is 1. The number of carbonyl (C=O) groups excluding carboxylic acids is 1. The van der Waals surface area contributed by atoms with Crippen molar-refractivity contribution in [1.29, 1.82) is 0 Å². The van der Waals surface area contributed by atoms with Crippen LogP contribution in [-0.2, 0) is 19.3 Å². The van der Waals surface area contributed by atoms with Crippen LogP contribution in [0.1, 0.15) is 46.6 Å². The molecule has 0 radical (unpaired) electrons. The minimum absolute atomic E-state index is 0.0221. The molecule has 1 aliphatic carbocycles. The van der Waals surface area contributed by atoms with Gasteiger partial charge in [-0.1, -0.05) is 43.0 Å². The maximum Gasteiger partial charge on any atom is 0.267 e. The Kier molecular flexibility index (Phi) is 6.57. The number of carbonyl (C=O) groups is 1. The van der Waals surface area contributed by atoms with E-state index in [1.807, 2.05) is 55.5 Å². The molecule has 2 aromatic carbocycles. The van der Waals surface area contributed by atoms with E-state index < -0.39 is 0 Å². The number of aromatic nitrogens is 2. The Morgan fingerprint density at radius 1 is 1.09 bits per heavy atom. The number of ether oxygens (including phenoxy) is 1. The molecular formula is C27H26N2O3S2. The summed E-state index contributed by atoms with van der Waals surface area (Å²) in [5, 5.41) is 1.28. The van der Waals surface area contributed by atoms with Gasteiger partial charge in [-0.3, -0.25) is 14.2 Å². The Bertz CT molecular complexity index is 1400. The molecule has 4 aromatic rings. The standard InChI is InChI=1S/C27H26N2O3S2/c1-3-17-8-10-18(11-9-17)22(30)16-33-27-28-25-24(21-6-5-7-23(21)34-25)26(31)29(27)19-12-14-20(15-13-19)32-4-2/h8-15H,3-7,16H2,1-2H3. The average molecular weight is 491 g/mol. The summed E-state index contributed by atoms with van der Waals surface area (Å²) in [7, 11) is 0. The van der Waals surface area contributed by atoms with Crippen LogP contribution in [0.3, 0.4) is 0 Å². The first kappa shape index (κ1) is 22.9. The molecule has 0 amide bonds. The molecule has 34 heavy (non-hydrogen) atoms. The van der Waals surface area contributed by atoms with Gasteiger partial charge in [0.15, 0.2) is 10.9 Å². The SMILES string of the molecule is CCOc1ccc(-n2c(SCC(=O)c3ccc(CC)cc3)nc3sc4c(c3c2=O)CCC4)cc1. The van der Waals surface area contributed by atoms with Crippen LogP contribution in [-0.4, -0.2) is 27.7 Å². The van der Waals surface area contributed by atoms with Gasteiger partial charge in [0.25, 0.3) is 5.56 Å². The quantitative estimate of drug-likeness (QED) is 0.176. The van der Waals surface area contributed by atoms with E-state index in [1.54, 1.807) is 15.9 Å². The summed E-state index contributed by atoms with van der Waals surface area (Å²) in [6.07, 6.45) is 3.95. The van der Waals surface area contributed by atoms with E-state index in [-0.39, 0.29) is 17.1 Å². The third-order valence-corrected chi connectivity index (χ3v) is 8.25. The maximum atomic E-state index is 13.8. The van der Waals surface area contributed by atoms with Gasteiger partial charge in [-0.05, 0) is 68.0 Å². The number of benzene rings is 2. The lowest BCUT2D eigenvalue weighted by molar-refractivity contribution is 0.102. The summed E-state index contributed by atoms with van der Waals surface area (Å²) in [6.45, 7) is 4.61. The number of nitrogens with zero attached hydrogens (tertiary/aromatic N) is 2. The van der Waals surface area contributed by atoms with E-state index in [0.29, 0.717) is 17.3 Å². The molecule has 5 nitrogen and oxygen atoms in total. The second-order valence-electron chi connectivity index (χ2n) is 8.26. The van der Waals surface area contributed by atoms with E-state index in [2.05, 4.69) is 6.92 Å². The van der Waals surface area contributed by atoms with Gasteiger partial charge in [-0.25, -0.2) is 4.98 Å². The Hall–Kier alpha value is -2.90. The molecule has 0 N–H and O–H groups in total. The second kappa shape index (κ2) is 9.76. The number of thioether (sulfide) groups is 1. The van der Waals surface area contributed by atoms with Gasteiger partial charge in [0.2, 0.25) is 0 Å². The lowest BCUT2D eigenvalue weighted by Crippen LogP contribution is -2.22. The highest BCUT2D eigenvalue weighted by Crippen LogP contribution is 2.36. The smallest absolute Gasteiger partial charge is 0.267 e. The van der Waals surface area contributed by atoms with Crippen molar-refractivity contribution < 1.29 is 9.53 Å². The molecule has 0 spiro atoms.